The van der Waals surface area contributed by atoms with Crippen molar-refractivity contribution in [2.75, 3.05) is 13.1 Å². The Kier molecular flexibility index (Phi) is 10.4. The molecule has 0 fully saturated rings. The average molecular weight is 660 g/mol. The fourth-order valence-electron chi connectivity index (χ4n) is 5.00. The minimum Gasteiger partial charge on any atom is -0.457 e. The van der Waals surface area contributed by atoms with Gasteiger partial charge in [-0.2, -0.15) is 0 Å². The summed E-state index contributed by atoms with van der Waals surface area (Å²) in [6.07, 6.45) is 3.16. The first-order valence-electron chi connectivity index (χ1n) is 14.5. The van der Waals surface area contributed by atoms with Gasteiger partial charge < -0.3 is 31.4 Å². The van der Waals surface area contributed by atoms with Gasteiger partial charge >= 0.3 is 0 Å². The summed E-state index contributed by atoms with van der Waals surface area (Å²) in [7, 11) is 0. The number of amides is 2. The van der Waals surface area contributed by atoms with Gasteiger partial charge in [-0.15, -0.1) is 0 Å². The van der Waals surface area contributed by atoms with Crippen LogP contribution in [0.3, 0.4) is 0 Å². The average Bonchev–Trinajstić information content (AvgIpc) is 3.41. The molecule has 0 aliphatic rings. The van der Waals surface area contributed by atoms with Crippen LogP contribution in [0.25, 0.3) is 22.4 Å². The predicted molar refractivity (Wildman–Crippen MR) is 179 cm³/mol. The van der Waals surface area contributed by atoms with Gasteiger partial charge in [0.05, 0.1) is 21.1 Å². The van der Waals surface area contributed by atoms with Gasteiger partial charge in [0, 0.05) is 48.6 Å². The van der Waals surface area contributed by atoms with Crippen LogP contribution in [0.4, 0.5) is 0 Å². The fraction of sp³-hybridized carbons (Fsp3) is 0.182. The topological polar surface area (TPSA) is 174 Å². The number of carbonyl (C=O) groups is 2. The molecule has 236 valence electrons. The van der Waals surface area contributed by atoms with E-state index in [9.17, 15) is 9.59 Å². The molecule has 0 spiro atoms. The summed E-state index contributed by atoms with van der Waals surface area (Å²) in [5.74, 6) is 0.491. The molecule has 0 aliphatic heterocycles. The quantitative estimate of drug-likeness (QED) is 0.0634. The van der Waals surface area contributed by atoms with E-state index in [0.29, 0.717) is 81.9 Å². The summed E-state index contributed by atoms with van der Waals surface area (Å²) >= 11 is 12.2. The smallest absolute Gasteiger partial charge is 0.251 e. The number of halogens is 2. The molecule has 2 heterocycles. The molecule has 3 aromatic carbocycles. The summed E-state index contributed by atoms with van der Waals surface area (Å²) in [4.78, 5) is 35.1. The van der Waals surface area contributed by atoms with Crippen LogP contribution in [-0.2, 0) is 11.2 Å². The first-order valence-corrected chi connectivity index (χ1v) is 15.3. The monoisotopic (exact) mass is 658 g/mol. The zero-order valence-corrected chi connectivity index (χ0v) is 26.2. The molecule has 2 aromatic heterocycles. The largest absolute Gasteiger partial charge is 0.457 e. The Morgan fingerprint density at radius 3 is 2.48 bits per heavy atom. The number of imidazole rings is 1. The maximum absolute atomic E-state index is 13.1. The van der Waals surface area contributed by atoms with Crippen molar-refractivity contribution in [3.05, 3.63) is 106 Å². The molecule has 46 heavy (non-hydrogen) atoms. The van der Waals surface area contributed by atoms with E-state index in [-0.39, 0.29) is 11.9 Å². The van der Waals surface area contributed by atoms with Gasteiger partial charge in [-0.1, -0.05) is 41.4 Å². The molecule has 1 unspecified atom stereocenters. The summed E-state index contributed by atoms with van der Waals surface area (Å²) in [6, 6.07) is 22.2. The minimum atomic E-state index is -0.786. The van der Waals surface area contributed by atoms with Crippen LogP contribution in [-0.4, -0.2) is 45.4 Å². The van der Waals surface area contributed by atoms with Gasteiger partial charge in [0.1, 0.15) is 23.4 Å². The second-order valence-electron chi connectivity index (χ2n) is 10.4. The SMILES string of the molecule is N=C(N)NCCCC(C(N)=O)n1c(-c2cccc(Oc3ccc(Cl)c(Cl)c3)c2)nc2cc(C(=O)NCCc3ccccn3)ccc21. The Morgan fingerprint density at radius 1 is 0.913 bits per heavy atom. The minimum absolute atomic E-state index is 0.158. The number of rotatable bonds is 13. The summed E-state index contributed by atoms with van der Waals surface area (Å²) in [6.45, 7) is 0.800. The Morgan fingerprint density at radius 2 is 1.74 bits per heavy atom. The molecule has 0 bridgehead atoms. The summed E-state index contributed by atoms with van der Waals surface area (Å²) in [5, 5.41) is 13.9. The van der Waals surface area contributed by atoms with E-state index in [1.165, 1.54) is 0 Å². The number of benzene rings is 3. The van der Waals surface area contributed by atoms with E-state index in [1.807, 2.05) is 30.3 Å². The molecule has 7 N–H and O–H groups in total. The third kappa shape index (κ3) is 7.92. The van der Waals surface area contributed by atoms with Crippen molar-refractivity contribution in [1.29, 1.82) is 5.41 Å². The molecule has 0 saturated carbocycles. The number of guanidine groups is 1. The number of primary amides is 1. The zero-order chi connectivity index (χ0) is 32.6. The molecule has 5 aromatic rings. The van der Waals surface area contributed by atoms with Crippen molar-refractivity contribution >= 4 is 52.0 Å². The third-order valence-electron chi connectivity index (χ3n) is 7.17. The lowest BCUT2D eigenvalue weighted by Gasteiger charge is -2.20. The van der Waals surface area contributed by atoms with Crippen LogP contribution in [0.15, 0.2) is 85.1 Å². The Balaban J connectivity index is 1.48. The Labute approximate surface area is 275 Å². The number of ether oxygens (including phenoxy) is 1. The Hall–Kier alpha value is -5.13. The molecule has 2 amide bonds. The van der Waals surface area contributed by atoms with Gasteiger partial charge in [0.15, 0.2) is 5.96 Å². The lowest BCUT2D eigenvalue weighted by molar-refractivity contribution is -0.121. The van der Waals surface area contributed by atoms with Gasteiger partial charge in [-0.25, -0.2) is 4.98 Å². The van der Waals surface area contributed by atoms with Crippen molar-refractivity contribution in [3.8, 4) is 22.9 Å². The highest BCUT2D eigenvalue weighted by Gasteiger charge is 2.25. The standard InChI is InChI=1S/C33H32Cl2N8O3/c34-25-11-10-24(19-26(25)35)46-23-7-3-5-20(17-23)31-42-27-18-21(32(45)40-16-13-22-6-1-2-14-39-22)9-12-28(27)43(31)29(30(36)44)8-4-15-41-33(37)38/h1-3,5-7,9-12,14,17-19,29H,4,8,13,15-16H2,(H2,36,44)(H,40,45)(H4,37,38,41). The van der Waals surface area contributed by atoms with Crippen LogP contribution in [0.2, 0.25) is 10.0 Å². The molecule has 13 heteroatoms. The second-order valence-corrected chi connectivity index (χ2v) is 11.3. The van der Waals surface area contributed by atoms with Crippen LogP contribution in [0, 0.1) is 5.41 Å². The number of nitrogens with two attached hydrogens (primary N) is 2. The number of hydrogen-bond acceptors (Lipinski definition) is 6. The number of pyridine rings is 1. The van der Waals surface area contributed by atoms with Crippen molar-refractivity contribution in [3.63, 3.8) is 0 Å². The maximum atomic E-state index is 13.1. The number of nitrogens with one attached hydrogen (secondary N) is 3. The molecule has 1 atom stereocenters. The van der Waals surface area contributed by atoms with Crippen LogP contribution in [0.5, 0.6) is 11.5 Å². The molecular weight excluding hydrogens is 627 g/mol. The lowest BCUT2D eigenvalue weighted by Crippen LogP contribution is -2.32. The van der Waals surface area contributed by atoms with Crippen molar-refractivity contribution < 1.29 is 14.3 Å². The summed E-state index contributed by atoms with van der Waals surface area (Å²) < 4.78 is 7.83. The normalized spacial score (nSPS) is 11.6. The predicted octanol–water partition coefficient (Wildman–Crippen LogP) is 5.46. The molecule has 0 saturated heterocycles. The number of fused-ring (bicyclic) bond motifs is 1. The highest BCUT2D eigenvalue weighted by Crippen LogP contribution is 2.34. The van der Waals surface area contributed by atoms with E-state index in [0.717, 1.165) is 5.69 Å². The van der Waals surface area contributed by atoms with E-state index in [1.54, 1.807) is 59.3 Å². The van der Waals surface area contributed by atoms with Crippen molar-refractivity contribution in [1.82, 2.24) is 25.2 Å². The molecule has 5 rings (SSSR count). The first-order chi connectivity index (χ1) is 22.2. The fourth-order valence-corrected chi connectivity index (χ4v) is 5.29. The highest BCUT2D eigenvalue weighted by atomic mass is 35.5. The van der Waals surface area contributed by atoms with Crippen LogP contribution in [0.1, 0.15) is 34.9 Å². The maximum Gasteiger partial charge on any atom is 0.251 e. The Bertz CT molecular complexity index is 1880. The lowest BCUT2D eigenvalue weighted by atomic mass is 10.1. The van der Waals surface area contributed by atoms with E-state index in [2.05, 4.69) is 15.6 Å². The third-order valence-corrected chi connectivity index (χ3v) is 7.91. The summed E-state index contributed by atoms with van der Waals surface area (Å²) in [5.41, 5.74) is 14.5. The molecule has 0 aliphatic carbocycles. The molecular formula is C33H32Cl2N8O3. The first kappa shape index (κ1) is 32.3. The zero-order valence-electron chi connectivity index (χ0n) is 24.7. The number of hydrogen-bond donors (Lipinski definition) is 5. The van der Waals surface area contributed by atoms with Gasteiger partial charge in [0.2, 0.25) is 5.91 Å². The number of nitrogens with zero attached hydrogens (tertiary/aromatic N) is 3. The highest BCUT2D eigenvalue weighted by molar-refractivity contribution is 6.42. The van der Waals surface area contributed by atoms with E-state index < -0.39 is 11.9 Å². The van der Waals surface area contributed by atoms with E-state index >= 15 is 0 Å². The van der Waals surface area contributed by atoms with Gasteiger partial charge in [-0.3, -0.25) is 20.0 Å². The van der Waals surface area contributed by atoms with Crippen LogP contribution < -0.4 is 26.8 Å². The van der Waals surface area contributed by atoms with Crippen LogP contribution >= 0.6 is 23.2 Å². The van der Waals surface area contributed by atoms with Crippen molar-refractivity contribution in [2.24, 2.45) is 11.5 Å². The number of carbonyl (C=O) groups excluding carboxylic acids is 2. The molecule has 0 radical (unpaired) electrons. The molecule has 11 nitrogen and oxygen atoms in total. The van der Waals surface area contributed by atoms with Gasteiger partial charge in [0.25, 0.3) is 5.91 Å². The van der Waals surface area contributed by atoms with Gasteiger partial charge in [-0.05, 0) is 67.4 Å². The van der Waals surface area contributed by atoms with E-state index in [4.69, 9.17) is 49.8 Å². The number of aromatic nitrogens is 3. The van der Waals surface area contributed by atoms with Crippen molar-refractivity contribution in [2.45, 2.75) is 25.3 Å². The second kappa shape index (κ2) is 14.8.